The normalized spacial score (nSPS) is 11.7. The zero-order valence-corrected chi connectivity index (χ0v) is 18.1. The lowest BCUT2D eigenvalue weighted by atomic mass is 10.2. The van der Waals surface area contributed by atoms with Gasteiger partial charge in [-0.15, -0.1) is 11.3 Å². The van der Waals surface area contributed by atoms with Crippen LogP contribution in [0.15, 0.2) is 82.9 Å². The maximum atomic E-state index is 5.51. The van der Waals surface area contributed by atoms with Gasteiger partial charge < -0.3 is 9.47 Å². The lowest BCUT2D eigenvalue weighted by Crippen LogP contribution is -2.18. The van der Waals surface area contributed by atoms with E-state index < -0.39 is 0 Å². The molecule has 0 bridgehead atoms. The Morgan fingerprint density at radius 1 is 1.00 bits per heavy atom. The third-order valence-electron chi connectivity index (χ3n) is 4.38. The van der Waals surface area contributed by atoms with Crippen molar-refractivity contribution in [3.05, 3.63) is 83.4 Å². The molecule has 4 aromatic rings. The van der Waals surface area contributed by atoms with Crippen LogP contribution in [0.25, 0.3) is 10.2 Å². The number of hydrogen-bond donors (Lipinski definition) is 1. The molecule has 0 aliphatic heterocycles. The second-order valence-electron chi connectivity index (χ2n) is 6.52. The maximum absolute atomic E-state index is 5.51. The van der Waals surface area contributed by atoms with E-state index in [9.17, 15) is 0 Å². The van der Waals surface area contributed by atoms with Crippen LogP contribution in [0.5, 0.6) is 11.5 Å². The van der Waals surface area contributed by atoms with Crippen molar-refractivity contribution in [3.8, 4) is 11.5 Å². The van der Waals surface area contributed by atoms with Crippen molar-refractivity contribution in [2.45, 2.75) is 6.92 Å². The van der Waals surface area contributed by atoms with Crippen LogP contribution in [0.1, 0.15) is 17.5 Å². The van der Waals surface area contributed by atoms with E-state index in [-0.39, 0.29) is 0 Å². The predicted molar refractivity (Wildman–Crippen MR) is 127 cm³/mol. The van der Waals surface area contributed by atoms with Gasteiger partial charge in [0.05, 0.1) is 35.8 Å². The zero-order chi connectivity index (χ0) is 21.5. The first-order chi connectivity index (χ1) is 15.2. The number of fused-ring (bicyclic) bond motifs is 1. The van der Waals surface area contributed by atoms with E-state index in [4.69, 9.17) is 19.5 Å². The average molecular weight is 431 g/mol. The second-order valence-corrected chi connectivity index (χ2v) is 7.55. The van der Waals surface area contributed by atoms with E-state index in [0.717, 1.165) is 38.0 Å². The van der Waals surface area contributed by atoms with Crippen LogP contribution in [0, 0.1) is 0 Å². The number of ether oxygens (including phenoxy) is 2. The van der Waals surface area contributed by atoms with E-state index in [2.05, 4.69) is 10.5 Å². The van der Waals surface area contributed by atoms with Gasteiger partial charge in [0.1, 0.15) is 11.5 Å². The Bertz CT molecular complexity index is 1170. The van der Waals surface area contributed by atoms with Gasteiger partial charge in [0.2, 0.25) is 0 Å². The van der Waals surface area contributed by atoms with Gasteiger partial charge in [-0.3, -0.25) is 5.43 Å². The van der Waals surface area contributed by atoms with Gasteiger partial charge in [-0.05, 0) is 73.2 Å². The highest BCUT2D eigenvalue weighted by atomic mass is 32.1. The first kappa shape index (κ1) is 20.6. The van der Waals surface area contributed by atoms with Crippen LogP contribution in [0.2, 0.25) is 0 Å². The molecule has 0 atom stereocenters. The highest BCUT2D eigenvalue weighted by Gasteiger charge is 2.10. The molecule has 0 radical (unpaired) electrons. The molecule has 6 nitrogen and oxygen atoms in total. The molecule has 31 heavy (non-hydrogen) atoms. The summed E-state index contributed by atoms with van der Waals surface area (Å²) in [5.41, 5.74) is 5.73. The maximum Gasteiger partial charge on any atom is 0.183 e. The Balaban J connectivity index is 1.62. The number of aromatic nitrogens is 1. The van der Waals surface area contributed by atoms with Gasteiger partial charge in [0.15, 0.2) is 10.8 Å². The fourth-order valence-corrected chi connectivity index (χ4v) is 3.77. The van der Waals surface area contributed by atoms with Crippen LogP contribution in [0.4, 0.5) is 5.69 Å². The van der Waals surface area contributed by atoms with E-state index in [1.54, 1.807) is 24.7 Å². The van der Waals surface area contributed by atoms with E-state index in [1.165, 1.54) is 0 Å². The lowest BCUT2D eigenvalue weighted by molar-refractivity contribution is 0.340. The van der Waals surface area contributed by atoms with Crippen LogP contribution in [0.3, 0.4) is 0 Å². The second kappa shape index (κ2) is 9.86. The highest BCUT2D eigenvalue weighted by Crippen LogP contribution is 2.24. The molecule has 1 heterocycles. The first-order valence-electron chi connectivity index (χ1n) is 9.86. The molecular formula is C24H22N4O2S. The number of para-hydroxylation sites is 1. The number of thiazole rings is 1. The van der Waals surface area contributed by atoms with Crippen molar-refractivity contribution in [2.75, 3.05) is 13.7 Å². The third kappa shape index (κ3) is 5.26. The number of nitrogens with one attached hydrogen (secondary N) is 1. The van der Waals surface area contributed by atoms with Crippen LogP contribution in [-0.2, 0) is 0 Å². The third-order valence-corrected chi connectivity index (χ3v) is 5.43. The van der Waals surface area contributed by atoms with Gasteiger partial charge in [-0.25, -0.2) is 9.98 Å². The van der Waals surface area contributed by atoms with E-state index in [0.29, 0.717) is 12.4 Å². The van der Waals surface area contributed by atoms with Crippen molar-refractivity contribution in [1.29, 1.82) is 0 Å². The van der Waals surface area contributed by atoms with Gasteiger partial charge in [-0.1, -0.05) is 12.1 Å². The molecule has 0 unspecified atom stereocenters. The van der Waals surface area contributed by atoms with Gasteiger partial charge >= 0.3 is 0 Å². The number of methoxy groups -OCH3 is 1. The molecule has 4 rings (SSSR count). The number of benzene rings is 3. The number of aliphatic imine (C=N–C) groups is 1. The molecular weight excluding hydrogens is 408 g/mol. The summed E-state index contributed by atoms with van der Waals surface area (Å²) >= 11 is 1.57. The summed E-state index contributed by atoms with van der Waals surface area (Å²) in [5, 5.41) is 5.15. The largest absolute Gasteiger partial charge is 0.497 e. The SMILES string of the molecule is CCOc1ccc(N=C(N/N=C/c2ccc(OC)cc2)c2nc3ccccc3s2)cc1. The molecule has 3 aromatic carbocycles. The predicted octanol–water partition coefficient (Wildman–Crippen LogP) is 5.41. The lowest BCUT2D eigenvalue weighted by Gasteiger charge is -2.05. The Hall–Kier alpha value is -3.71. The Labute approximate surface area is 184 Å². The van der Waals surface area contributed by atoms with Gasteiger partial charge in [0, 0.05) is 0 Å². The Morgan fingerprint density at radius 3 is 2.45 bits per heavy atom. The summed E-state index contributed by atoms with van der Waals surface area (Å²) in [5.74, 6) is 2.20. The molecule has 0 fully saturated rings. The van der Waals surface area contributed by atoms with Crippen molar-refractivity contribution >= 4 is 39.3 Å². The smallest absolute Gasteiger partial charge is 0.183 e. The molecule has 0 spiro atoms. The standard InChI is InChI=1S/C24H22N4O2S/c1-3-30-20-14-10-18(11-15-20)26-23(24-27-21-6-4-5-7-22(21)31-24)28-25-16-17-8-12-19(29-2)13-9-17/h4-16H,3H2,1-2H3,(H,26,28)/b25-16+. The van der Waals surface area contributed by atoms with Crippen molar-refractivity contribution in [3.63, 3.8) is 0 Å². The number of rotatable bonds is 7. The summed E-state index contributed by atoms with van der Waals surface area (Å²) in [4.78, 5) is 9.46. The monoisotopic (exact) mass is 430 g/mol. The molecule has 1 aromatic heterocycles. The minimum atomic E-state index is 0.579. The molecule has 0 amide bonds. The number of nitrogens with zero attached hydrogens (tertiary/aromatic N) is 3. The minimum absolute atomic E-state index is 0.579. The Kier molecular flexibility index (Phi) is 6.54. The van der Waals surface area contributed by atoms with E-state index >= 15 is 0 Å². The molecule has 156 valence electrons. The van der Waals surface area contributed by atoms with Crippen molar-refractivity contribution < 1.29 is 9.47 Å². The number of hydrogen-bond acceptors (Lipinski definition) is 6. The minimum Gasteiger partial charge on any atom is -0.497 e. The molecule has 0 aliphatic rings. The van der Waals surface area contributed by atoms with Crippen LogP contribution < -0.4 is 14.9 Å². The molecule has 0 aliphatic carbocycles. The topological polar surface area (TPSA) is 68.1 Å². The van der Waals surface area contributed by atoms with Crippen molar-refractivity contribution in [1.82, 2.24) is 10.4 Å². The first-order valence-corrected chi connectivity index (χ1v) is 10.7. The molecule has 0 saturated heterocycles. The molecule has 7 heteroatoms. The highest BCUT2D eigenvalue weighted by molar-refractivity contribution is 7.20. The number of amidine groups is 1. The molecule has 1 N–H and O–H groups in total. The average Bonchev–Trinajstić information content (AvgIpc) is 3.24. The fourth-order valence-electron chi connectivity index (χ4n) is 2.86. The van der Waals surface area contributed by atoms with E-state index in [1.807, 2.05) is 79.7 Å². The summed E-state index contributed by atoms with van der Waals surface area (Å²) < 4.78 is 11.8. The summed E-state index contributed by atoms with van der Waals surface area (Å²) in [6.07, 6.45) is 1.74. The summed E-state index contributed by atoms with van der Waals surface area (Å²) in [6.45, 7) is 2.59. The summed E-state index contributed by atoms with van der Waals surface area (Å²) in [6, 6.07) is 23.3. The van der Waals surface area contributed by atoms with Crippen LogP contribution >= 0.6 is 11.3 Å². The fraction of sp³-hybridized carbons (Fsp3) is 0.125. The summed E-state index contributed by atoms with van der Waals surface area (Å²) in [7, 11) is 1.65. The van der Waals surface area contributed by atoms with Crippen molar-refractivity contribution in [2.24, 2.45) is 10.1 Å². The molecule has 0 saturated carbocycles. The van der Waals surface area contributed by atoms with Gasteiger partial charge in [-0.2, -0.15) is 5.10 Å². The number of hydrazone groups is 1. The van der Waals surface area contributed by atoms with Crippen LogP contribution in [-0.4, -0.2) is 30.8 Å². The quantitative estimate of drug-likeness (QED) is 0.242. The Morgan fingerprint density at radius 2 is 1.74 bits per heavy atom. The van der Waals surface area contributed by atoms with Gasteiger partial charge in [0.25, 0.3) is 0 Å². The zero-order valence-electron chi connectivity index (χ0n) is 17.3.